The van der Waals surface area contributed by atoms with E-state index in [2.05, 4.69) is 24.3 Å². The highest BCUT2D eigenvalue weighted by atomic mass is 32.1. The summed E-state index contributed by atoms with van der Waals surface area (Å²) in [5, 5.41) is 10.4. The molecule has 0 bridgehead atoms. The second-order valence-electron chi connectivity index (χ2n) is 7.10. The molecule has 1 aromatic heterocycles. The van der Waals surface area contributed by atoms with Gasteiger partial charge in [0.25, 0.3) is 5.91 Å². The fourth-order valence-corrected chi connectivity index (χ4v) is 4.89. The van der Waals surface area contributed by atoms with Crippen LogP contribution in [0.2, 0.25) is 0 Å². The van der Waals surface area contributed by atoms with Gasteiger partial charge in [-0.2, -0.15) is 0 Å². The van der Waals surface area contributed by atoms with Crippen molar-refractivity contribution in [3.8, 4) is 0 Å². The van der Waals surface area contributed by atoms with Crippen molar-refractivity contribution in [2.75, 3.05) is 13.1 Å². The molecule has 4 rings (SSSR count). The maximum Gasteiger partial charge on any atom is 0.315 e. The molecule has 1 aliphatic heterocycles. The van der Waals surface area contributed by atoms with Gasteiger partial charge in [0.15, 0.2) is 0 Å². The number of carbonyl (C=O) groups excluding carboxylic acids is 1. The number of rotatable bonds is 4. The van der Waals surface area contributed by atoms with Crippen molar-refractivity contribution >= 4 is 39.6 Å². The molecule has 0 atom stereocenters. The van der Waals surface area contributed by atoms with E-state index in [-0.39, 0.29) is 13.4 Å². The van der Waals surface area contributed by atoms with Gasteiger partial charge in [-0.15, -0.1) is 11.3 Å². The van der Waals surface area contributed by atoms with E-state index < -0.39 is 0 Å². The molecule has 1 fully saturated rings. The molecule has 1 saturated heterocycles. The number of nitrogens with zero attached hydrogens (tertiary/aromatic N) is 1. The molecule has 0 radical (unpaired) electrons. The van der Waals surface area contributed by atoms with Crippen molar-refractivity contribution in [1.29, 1.82) is 0 Å². The van der Waals surface area contributed by atoms with Crippen LogP contribution in [0.15, 0.2) is 48.5 Å². The summed E-state index contributed by atoms with van der Waals surface area (Å²) in [6, 6.07) is 16.3. The molecule has 0 unspecified atom stereocenters. The number of benzene rings is 2. The van der Waals surface area contributed by atoms with Crippen molar-refractivity contribution in [2.24, 2.45) is 5.73 Å². The second kappa shape index (κ2) is 7.84. The molecule has 1 amide bonds. The van der Waals surface area contributed by atoms with Gasteiger partial charge in [-0.3, -0.25) is 4.79 Å². The Kier molecular flexibility index (Phi) is 5.30. The van der Waals surface area contributed by atoms with E-state index in [1.807, 2.05) is 29.2 Å². The predicted octanol–water partition coefficient (Wildman–Crippen LogP) is 2.35. The zero-order valence-corrected chi connectivity index (χ0v) is 16.0. The third kappa shape index (κ3) is 3.65. The highest BCUT2D eigenvalue weighted by Crippen LogP contribution is 2.30. The quantitative estimate of drug-likeness (QED) is 0.685. The lowest BCUT2D eigenvalue weighted by atomic mass is 9.88. The first-order chi connectivity index (χ1) is 13.2. The molecule has 2 aromatic carbocycles. The van der Waals surface area contributed by atoms with E-state index in [1.165, 1.54) is 5.56 Å². The van der Waals surface area contributed by atoms with Gasteiger partial charge in [0, 0.05) is 40.1 Å². The molecule has 4 nitrogen and oxygen atoms in total. The van der Waals surface area contributed by atoms with Crippen LogP contribution >= 0.6 is 11.3 Å². The van der Waals surface area contributed by atoms with Gasteiger partial charge in [-0.25, -0.2) is 0 Å². The fourth-order valence-electron chi connectivity index (χ4n) is 3.94. The molecule has 0 spiro atoms. The standard InChI is InChI=1S/C21H23BN2O2S/c23-13-14-3-1-4-16(11-14)15-7-9-24(10-8-15)21(25)17-5-2-6-19-18(17)12-20(22-26)27-19/h1-6,11-12,15,22,26H,7-10,13,23H2. The third-order valence-corrected chi connectivity index (χ3v) is 6.52. The SMILES string of the molecule is NCc1cccc(C2CCN(C(=O)c3cccc4sc(BO)cc34)CC2)c1. The Balaban J connectivity index is 1.49. The van der Waals surface area contributed by atoms with Gasteiger partial charge in [0.2, 0.25) is 0 Å². The normalized spacial score (nSPS) is 15.3. The van der Waals surface area contributed by atoms with Gasteiger partial charge in [0.1, 0.15) is 0 Å². The summed E-state index contributed by atoms with van der Waals surface area (Å²) in [7, 11) is 0.0141. The largest absolute Gasteiger partial charge is 0.449 e. The molecular weight excluding hydrogens is 355 g/mol. The van der Waals surface area contributed by atoms with Crippen molar-refractivity contribution in [1.82, 2.24) is 4.90 Å². The van der Waals surface area contributed by atoms with Crippen LogP contribution in [-0.4, -0.2) is 36.4 Å². The van der Waals surface area contributed by atoms with Crippen molar-refractivity contribution < 1.29 is 9.82 Å². The molecule has 138 valence electrons. The first kappa shape index (κ1) is 18.2. The summed E-state index contributed by atoms with van der Waals surface area (Å²) in [4.78, 5) is 15.1. The molecule has 0 aliphatic carbocycles. The Morgan fingerprint density at radius 2 is 1.96 bits per heavy atom. The minimum absolute atomic E-state index is 0.0141. The third-order valence-electron chi connectivity index (χ3n) is 5.44. The monoisotopic (exact) mass is 378 g/mol. The van der Waals surface area contributed by atoms with E-state index in [0.29, 0.717) is 12.5 Å². The molecular formula is C21H23BN2O2S. The minimum atomic E-state index is 0.0141. The lowest BCUT2D eigenvalue weighted by molar-refractivity contribution is 0.0715. The highest BCUT2D eigenvalue weighted by molar-refractivity contribution is 7.27. The number of thiophene rings is 1. The maximum absolute atomic E-state index is 13.1. The summed E-state index contributed by atoms with van der Waals surface area (Å²) in [6.07, 6.45) is 1.95. The van der Waals surface area contributed by atoms with Crippen molar-refractivity contribution in [2.45, 2.75) is 25.3 Å². The van der Waals surface area contributed by atoms with Crippen molar-refractivity contribution in [3.05, 3.63) is 65.2 Å². The number of amides is 1. The van der Waals surface area contributed by atoms with E-state index in [4.69, 9.17) is 5.73 Å². The van der Waals surface area contributed by atoms with Crippen LogP contribution in [0.4, 0.5) is 0 Å². The molecule has 3 aromatic rings. The average molecular weight is 378 g/mol. The lowest BCUT2D eigenvalue weighted by Gasteiger charge is -2.32. The van der Waals surface area contributed by atoms with Gasteiger partial charge < -0.3 is 15.7 Å². The Morgan fingerprint density at radius 1 is 1.19 bits per heavy atom. The smallest absolute Gasteiger partial charge is 0.315 e. The zero-order valence-electron chi connectivity index (χ0n) is 15.2. The van der Waals surface area contributed by atoms with E-state index in [0.717, 1.165) is 51.9 Å². The molecule has 6 heteroatoms. The van der Waals surface area contributed by atoms with Crippen LogP contribution in [0.3, 0.4) is 0 Å². The number of likely N-dealkylation sites (tertiary alicyclic amines) is 1. The van der Waals surface area contributed by atoms with E-state index in [1.54, 1.807) is 11.3 Å². The summed E-state index contributed by atoms with van der Waals surface area (Å²) in [6.45, 7) is 2.10. The van der Waals surface area contributed by atoms with Gasteiger partial charge in [-0.05, 0) is 48.1 Å². The number of carbonyl (C=O) groups is 1. The number of piperidine rings is 1. The Morgan fingerprint density at radius 3 is 2.70 bits per heavy atom. The van der Waals surface area contributed by atoms with Crippen molar-refractivity contribution in [3.63, 3.8) is 0 Å². The number of nitrogens with two attached hydrogens (primary N) is 1. The van der Waals surface area contributed by atoms with Crippen LogP contribution in [0.5, 0.6) is 0 Å². The maximum atomic E-state index is 13.1. The second-order valence-corrected chi connectivity index (χ2v) is 8.27. The first-order valence-electron chi connectivity index (χ1n) is 9.40. The summed E-state index contributed by atoms with van der Waals surface area (Å²) >= 11 is 1.55. The number of fused-ring (bicyclic) bond motifs is 1. The summed E-state index contributed by atoms with van der Waals surface area (Å²) < 4.78 is 1.95. The summed E-state index contributed by atoms with van der Waals surface area (Å²) in [5.41, 5.74) is 9.00. The van der Waals surface area contributed by atoms with Gasteiger partial charge in [-0.1, -0.05) is 30.3 Å². The summed E-state index contributed by atoms with van der Waals surface area (Å²) in [5.74, 6) is 0.579. The van der Waals surface area contributed by atoms with Crippen LogP contribution in [0.25, 0.3) is 10.1 Å². The molecule has 27 heavy (non-hydrogen) atoms. The predicted molar refractivity (Wildman–Crippen MR) is 113 cm³/mol. The van der Waals surface area contributed by atoms with E-state index >= 15 is 0 Å². The molecule has 3 N–H and O–H groups in total. The van der Waals surface area contributed by atoms with Crippen LogP contribution in [-0.2, 0) is 6.54 Å². The average Bonchev–Trinajstić information content (AvgIpc) is 3.17. The fraction of sp³-hybridized carbons (Fsp3) is 0.286. The molecule has 0 saturated carbocycles. The zero-order chi connectivity index (χ0) is 18.8. The number of hydrogen-bond donors (Lipinski definition) is 2. The highest BCUT2D eigenvalue weighted by Gasteiger charge is 2.26. The number of hydrogen-bond acceptors (Lipinski definition) is 4. The molecule has 1 aliphatic rings. The Hall–Kier alpha value is -2.15. The topological polar surface area (TPSA) is 66.6 Å². The van der Waals surface area contributed by atoms with Crippen LogP contribution < -0.4 is 10.5 Å². The molecule has 2 heterocycles. The van der Waals surface area contributed by atoms with Crippen LogP contribution in [0.1, 0.15) is 40.2 Å². The Labute approximate surface area is 163 Å². The Bertz CT molecular complexity index is 964. The minimum Gasteiger partial charge on any atom is -0.449 e. The van der Waals surface area contributed by atoms with Gasteiger partial charge >= 0.3 is 7.48 Å². The van der Waals surface area contributed by atoms with E-state index in [9.17, 15) is 9.82 Å². The lowest BCUT2D eigenvalue weighted by Crippen LogP contribution is -2.38. The first-order valence-corrected chi connectivity index (χ1v) is 10.2. The van der Waals surface area contributed by atoms with Crippen LogP contribution in [0, 0.1) is 0 Å². The van der Waals surface area contributed by atoms with Gasteiger partial charge in [0.05, 0.1) is 0 Å².